The molecule has 0 atom stereocenters. The second-order valence-electron chi connectivity index (χ2n) is 5.15. The van der Waals surface area contributed by atoms with E-state index in [1.54, 1.807) is 19.2 Å². The molecule has 1 heterocycles. The number of thiocarbonyl (C=S) groups is 1. The van der Waals surface area contributed by atoms with Gasteiger partial charge in [0.2, 0.25) is 0 Å². The summed E-state index contributed by atoms with van der Waals surface area (Å²) in [5.41, 5.74) is 2.11. The molecule has 0 fully saturated rings. The number of methoxy groups -OCH3 is 1. The van der Waals surface area contributed by atoms with E-state index < -0.39 is 0 Å². The van der Waals surface area contributed by atoms with Crippen LogP contribution >= 0.6 is 12.2 Å². The molecule has 3 rings (SSSR count). The van der Waals surface area contributed by atoms with E-state index in [0.29, 0.717) is 16.0 Å². The van der Waals surface area contributed by atoms with Crippen molar-refractivity contribution in [1.82, 2.24) is 9.97 Å². The van der Waals surface area contributed by atoms with E-state index >= 15 is 0 Å². The predicted octanol–water partition coefficient (Wildman–Crippen LogP) is 2.76. The van der Waals surface area contributed by atoms with E-state index in [1.165, 1.54) is 6.33 Å². The minimum atomic E-state index is -0.182. The summed E-state index contributed by atoms with van der Waals surface area (Å²) >= 11 is 5.44. The van der Waals surface area contributed by atoms with Crippen molar-refractivity contribution in [3.05, 3.63) is 59.1 Å². The van der Waals surface area contributed by atoms with Gasteiger partial charge < -0.3 is 19.9 Å². The number of rotatable bonds is 3. The Morgan fingerprint density at radius 1 is 1.25 bits per heavy atom. The van der Waals surface area contributed by atoms with Crippen LogP contribution in [0.4, 0.5) is 11.4 Å². The molecular weight excluding hydrogens is 324 g/mol. The van der Waals surface area contributed by atoms with Gasteiger partial charge in [0.05, 0.1) is 24.3 Å². The Kier molecular flexibility index (Phi) is 4.43. The molecule has 0 saturated heterocycles. The average Bonchev–Trinajstić information content (AvgIpc) is 2.62. The van der Waals surface area contributed by atoms with E-state index in [1.807, 2.05) is 42.3 Å². The number of H-pyrrole nitrogens is 1. The first kappa shape index (κ1) is 15.9. The van der Waals surface area contributed by atoms with Crippen LogP contribution in [0, 0.1) is 0 Å². The van der Waals surface area contributed by atoms with Gasteiger partial charge in [-0.15, -0.1) is 0 Å². The summed E-state index contributed by atoms with van der Waals surface area (Å²) in [5.74, 6) is 0.785. The molecule has 0 amide bonds. The highest BCUT2D eigenvalue weighted by Crippen LogP contribution is 2.20. The number of benzene rings is 2. The number of nitrogens with zero attached hydrogens (tertiary/aromatic N) is 2. The highest BCUT2D eigenvalue weighted by molar-refractivity contribution is 7.80. The van der Waals surface area contributed by atoms with Crippen molar-refractivity contribution in [3.8, 4) is 5.75 Å². The molecule has 6 nitrogen and oxygen atoms in total. The van der Waals surface area contributed by atoms with Gasteiger partial charge in [-0.2, -0.15) is 0 Å². The number of aromatic nitrogens is 2. The predicted molar refractivity (Wildman–Crippen MR) is 100.0 cm³/mol. The van der Waals surface area contributed by atoms with Gasteiger partial charge in [-0.1, -0.05) is 0 Å². The van der Waals surface area contributed by atoms with Gasteiger partial charge in [0, 0.05) is 18.4 Å². The smallest absolute Gasteiger partial charge is 0.258 e. The van der Waals surface area contributed by atoms with Crippen molar-refractivity contribution in [1.29, 1.82) is 0 Å². The van der Waals surface area contributed by atoms with Gasteiger partial charge in [-0.3, -0.25) is 4.79 Å². The number of aromatic amines is 1. The largest absolute Gasteiger partial charge is 0.497 e. The normalized spacial score (nSPS) is 10.4. The molecule has 122 valence electrons. The lowest BCUT2D eigenvalue weighted by atomic mass is 10.2. The second-order valence-corrected chi connectivity index (χ2v) is 5.54. The molecule has 0 unspecified atom stereocenters. The highest BCUT2D eigenvalue weighted by Gasteiger charge is 2.09. The fourth-order valence-corrected chi connectivity index (χ4v) is 2.50. The number of anilines is 2. The van der Waals surface area contributed by atoms with Crippen LogP contribution < -0.4 is 20.5 Å². The fraction of sp³-hybridized carbons (Fsp3) is 0.118. The third kappa shape index (κ3) is 3.21. The molecule has 0 bridgehead atoms. The fourth-order valence-electron chi connectivity index (χ4n) is 2.28. The zero-order valence-corrected chi connectivity index (χ0v) is 14.1. The number of fused-ring (bicyclic) bond motifs is 1. The van der Waals surface area contributed by atoms with E-state index in [2.05, 4.69) is 15.3 Å². The lowest BCUT2D eigenvalue weighted by Gasteiger charge is -2.21. The van der Waals surface area contributed by atoms with Crippen LogP contribution in [0.1, 0.15) is 0 Å². The monoisotopic (exact) mass is 340 g/mol. The van der Waals surface area contributed by atoms with Crippen molar-refractivity contribution in [3.63, 3.8) is 0 Å². The highest BCUT2D eigenvalue weighted by atomic mass is 32.1. The van der Waals surface area contributed by atoms with Crippen LogP contribution in [0.2, 0.25) is 0 Å². The minimum Gasteiger partial charge on any atom is -0.497 e. The van der Waals surface area contributed by atoms with Crippen LogP contribution in [0.3, 0.4) is 0 Å². The lowest BCUT2D eigenvalue weighted by molar-refractivity contribution is 0.415. The van der Waals surface area contributed by atoms with Crippen molar-refractivity contribution in [2.45, 2.75) is 0 Å². The van der Waals surface area contributed by atoms with Gasteiger partial charge >= 0.3 is 0 Å². The average molecular weight is 340 g/mol. The molecule has 2 aromatic carbocycles. The van der Waals surface area contributed by atoms with Crippen molar-refractivity contribution in [2.75, 3.05) is 24.4 Å². The molecule has 0 aliphatic carbocycles. The zero-order chi connectivity index (χ0) is 17.1. The molecule has 2 N–H and O–H groups in total. The minimum absolute atomic E-state index is 0.182. The Bertz CT molecular complexity index is 937. The van der Waals surface area contributed by atoms with Gasteiger partial charge in [0.15, 0.2) is 5.11 Å². The molecular formula is C17H16N4O2S. The first-order valence-corrected chi connectivity index (χ1v) is 7.65. The Morgan fingerprint density at radius 3 is 2.71 bits per heavy atom. The SMILES string of the molecule is COc1ccc(N(C)C(=S)Nc2ccc3nc[nH]c(=O)c3c2)cc1. The maximum Gasteiger partial charge on any atom is 0.258 e. The zero-order valence-electron chi connectivity index (χ0n) is 13.2. The van der Waals surface area contributed by atoms with Crippen LogP contribution in [0.15, 0.2) is 53.6 Å². The standard InChI is InChI=1S/C17H16N4O2S/c1-21(12-4-6-13(23-2)7-5-12)17(24)20-11-3-8-15-14(9-11)16(22)19-10-18-15/h3-10H,1-2H3,(H,20,24)(H,18,19,22). The van der Waals surface area contributed by atoms with Gasteiger partial charge in [0.25, 0.3) is 5.56 Å². The summed E-state index contributed by atoms with van der Waals surface area (Å²) < 4.78 is 5.15. The first-order chi connectivity index (χ1) is 11.6. The Labute approximate surface area is 144 Å². The summed E-state index contributed by atoms with van der Waals surface area (Å²) in [6.45, 7) is 0. The van der Waals surface area contributed by atoms with Gasteiger partial charge in [0.1, 0.15) is 5.75 Å². The molecule has 0 saturated carbocycles. The summed E-state index contributed by atoms with van der Waals surface area (Å²) in [5, 5.41) is 4.16. The summed E-state index contributed by atoms with van der Waals surface area (Å²) in [7, 11) is 3.49. The first-order valence-electron chi connectivity index (χ1n) is 7.24. The summed E-state index contributed by atoms with van der Waals surface area (Å²) in [6.07, 6.45) is 1.39. The molecule has 1 aromatic heterocycles. The van der Waals surface area contributed by atoms with Crippen LogP contribution in [-0.4, -0.2) is 29.2 Å². The molecule has 0 aliphatic rings. The quantitative estimate of drug-likeness (QED) is 0.715. The van der Waals surface area contributed by atoms with Crippen molar-refractivity contribution < 1.29 is 4.74 Å². The van der Waals surface area contributed by atoms with Crippen molar-refractivity contribution >= 4 is 39.6 Å². The lowest BCUT2D eigenvalue weighted by Crippen LogP contribution is -2.30. The Hall–Kier alpha value is -2.93. The van der Waals surface area contributed by atoms with E-state index in [4.69, 9.17) is 17.0 Å². The Morgan fingerprint density at radius 2 is 2.00 bits per heavy atom. The molecule has 24 heavy (non-hydrogen) atoms. The maximum absolute atomic E-state index is 11.9. The Balaban J connectivity index is 1.80. The molecule has 3 aromatic rings. The van der Waals surface area contributed by atoms with Crippen LogP contribution in [-0.2, 0) is 0 Å². The van der Waals surface area contributed by atoms with E-state index in [-0.39, 0.29) is 5.56 Å². The van der Waals surface area contributed by atoms with E-state index in [0.717, 1.165) is 17.1 Å². The van der Waals surface area contributed by atoms with Gasteiger partial charge in [-0.05, 0) is 54.7 Å². The molecule has 0 spiro atoms. The third-order valence-electron chi connectivity index (χ3n) is 3.66. The number of hydrogen-bond donors (Lipinski definition) is 2. The third-order valence-corrected chi connectivity index (χ3v) is 4.03. The van der Waals surface area contributed by atoms with Gasteiger partial charge in [-0.25, -0.2) is 4.98 Å². The van der Waals surface area contributed by atoms with Crippen LogP contribution in [0.5, 0.6) is 5.75 Å². The molecule has 7 heteroatoms. The van der Waals surface area contributed by atoms with Crippen LogP contribution in [0.25, 0.3) is 10.9 Å². The van der Waals surface area contributed by atoms with E-state index in [9.17, 15) is 4.79 Å². The number of nitrogens with one attached hydrogen (secondary N) is 2. The topological polar surface area (TPSA) is 70.2 Å². The second kappa shape index (κ2) is 6.67. The maximum atomic E-state index is 11.9. The summed E-state index contributed by atoms with van der Waals surface area (Å²) in [6, 6.07) is 12.9. The summed E-state index contributed by atoms with van der Waals surface area (Å²) in [4.78, 5) is 20.4. The molecule has 0 radical (unpaired) electrons. The number of ether oxygens (including phenoxy) is 1. The molecule has 0 aliphatic heterocycles. The number of hydrogen-bond acceptors (Lipinski definition) is 4. The van der Waals surface area contributed by atoms with Crippen molar-refractivity contribution in [2.24, 2.45) is 0 Å².